The number of aliphatic imine (C=N–C) groups is 1. The summed E-state index contributed by atoms with van der Waals surface area (Å²) in [5, 5.41) is 34.0. The van der Waals surface area contributed by atoms with Crippen LogP contribution in [0, 0.1) is 30.3 Å². The molecule has 0 aromatic heterocycles. The number of nitro benzene ring substituents is 3. The highest BCUT2D eigenvalue weighted by atomic mass is 16.6. The number of rotatable bonds is 4. The number of benzene rings is 2. The molecule has 1 aliphatic heterocycles. The summed E-state index contributed by atoms with van der Waals surface area (Å²) < 4.78 is 5.80. The smallest absolute Gasteiger partial charge is 0.308 e. The number of nitro groups is 3. The van der Waals surface area contributed by atoms with Gasteiger partial charge in [-0.2, -0.15) is 0 Å². The molecule has 0 bridgehead atoms. The molecule has 150 valence electrons. The number of anilines is 1. The van der Waals surface area contributed by atoms with Crippen LogP contribution in [0.5, 0.6) is 5.75 Å². The van der Waals surface area contributed by atoms with Gasteiger partial charge in [0.2, 0.25) is 11.6 Å². The van der Waals surface area contributed by atoms with Crippen LogP contribution in [0.15, 0.2) is 41.4 Å². The van der Waals surface area contributed by atoms with Crippen LogP contribution in [0.1, 0.15) is 13.8 Å². The molecule has 29 heavy (non-hydrogen) atoms. The van der Waals surface area contributed by atoms with Gasteiger partial charge in [-0.3, -0.25) is 30.3 Å². The second-order valence-corrected chi connectivity index (χ2v) is 6.71. The Balaban J connectivity index is 2.28. The summed E-state index contributed by atoms with van der Waals surface area (Å²) in [6, 6.07) is 8.28. The number of hydrogen-bond acceptors (Lipinski definition) is 9. The van der Waals surface area contributed by atoms with E-state index in [-0.39, 0.29) is 5.90 Å². The molecule has 1 heterocycles. The van der Waals surface area contributed by atoms with Gasteiger partial charge in [-0.15, -0.1) is 0 Å². The SMILES string of the molecule is CN1c2ccccc2OC(=Nc2c([N+](=O)[O-])cc([N+](=O)[O-])cc2[N+](=O)[O-])C1(C)C. The molecule has 12 heteroatoms. The van der Waals surface area contributed by atoms with Crippen molar-refractivity contribution in [3.8, 4) is 5.75 Å². The number of ether oxygens (including phenoxy) is 1. The third kappa shape index (κ3) is 3.31. The van der Waals surface area contributed by atoms with Crippen LogP contribution in [-0.2, 0) is 0 Å². The van der Waals surface area contributed by atoms with Crippen molar-refractivity contribution in [2.75, 3.05) is 11.9 Å². The highest BCUT2D eigenvalue weighted by Gasteiger charge is 2.40. The van der Waals surface area contributed by atoms with E-state index >= 15 is 0 Å². The Morgan fingerprint density at radius 3 is 2.03 bits per heavy atom. The fraction of sp³-hybridized carbons (Fsp3) is 0.235. The van der Waals surface area contributed by atoms with Crippen molar-refractivity contribution in [3.63, 3.8) is 0 Å². The molecule has 3 rings (SSSR count). The number of non-ortho nitro benzene ring substituents is 1. The average Bonchev–Trinajstić information content (AvgIpc) is 2.65. The van der Waals surface area contributed by atoms with Gasteiger partial charge in [0.1, 0.15) is 5.54 Å². The summed E-state index contributed by atoms with van der Waals surface area (Å²) in [6.07, 6.45) is 0. The summed E-state index contributed by atoms with van der Waals surface area (Å²) in [6.45, 7) is 3.45. The Hall–Kier alpha value is -4.09. The highest BCUT2D eigenvalue weighted by Crippen LogP contribution is 2.43. The van der Waals surface area contributed by atoms with E-state index in [2.05, 4.69) is 4.99 Å². The zero-order chi connectivity index (χ0) is 21.5. The molecule has 0 unspecified atom stereocenters. The molecule has 0 amide bonds. The molecule has 0 saturated carbocycles. The van der Waals surface area contributed by atoms with Crippen LogP contribution in [0.25, 0.3) is 0 Å². The second-order valence-electron chi connectivity index (χ2n) is 6.71. The second kappa shape index (κ2) is 6.82. The summed E-state index contributed by atoms with van der Waals surface area (Å²) in [7, 11) is 1.76. The molecule has 0 atom stereocenters. The molecule has 0 spiro atoms. The molecular weight excluding hydrogens is 386 g/mol. The molecule has 0 fully saturated rings. The zero-order valence-corrected chi connectivity index (χ0v) is 15.6. The van der Waals surface area contributed by atoms with Gasteiger partial charge < -0.3 is 9.64 Å². The zero-order valence-electron chi connectivity index (χ0n) is 15.6. The van der Waals surface area contributed by atoms with Gasteiger partial charge in [-0.25, -0.2) is 4.99 Å². The lowest BCUT2D eigenvalue weighted by molar-refractivity contribution is -0.402. The van der Waals surface area contributed by atoms with Crippen molar-refractivity contribution in [3.05, 3.63) is 66.7 Å². The molecule has 0 N–H and O–H groups in total. The van der Waals surface area contributed by atoms with E-state index in [1.807, 2.05) is 17.0 Å². The van der Waals surface area contributed by atoms with Gasteiger partial charge >= 0.3 is 11.4 Å². The van der Waals surface area contributed by atoms with E-state index in [1.165, 1.54) is 0 Å². The first kappa shape index (κ1) is 19.7. The van der Waals surface area contributed by atoms with Crippen LogP contribution in [0.2, 0.25) is 0 Å². The van der Waals surface area contributed by atoms with Crippen LogP contribution >= 0.6 is 0 Å². The number of para-hydroxylation sites is 2. The number of likely N-dealkylation sites (N-methyl/N-ethyl adjacent to an activating group) is 1. The lowest BCUT2D eigenvalue weighted by Gasteiger charge is -2.42. The summed E-state index contributed by atoms with van der Waals surface area (Å²) in [4.78, 5) is 37.1. The van der Waals surface area contributed by atoms with E-state index in [4.69, 9.17) is 4.74 Å². The molecule has 0 radical (unpaired) electrons. The summed E-state index contributed by atoms with van der Waals surface area (Å²) >= 11 is 0. The largest absolute Gasteiger partial charge is 0.438 e. The Labute approximate surface area is 163 Å². The van der Waals surface area contributed by atoms with Crippen molar-refractivity contribution < 1.29 is 19.5 Å². The van der Waals surface area contributed by atoms with Gasteiger partial charge in [-0.05, 0) is 26.0 Å². The third-order valence-electron chi connectivity index (χ3n) is 4.67. The molecule has 12 nitrogen and oxygen atoms in total. The van der Waals surface area contributed by atoms with E-state index in [0.717, 1.165) is 5.69 Å². The monoisotopic (exact) mass is 401 g/mol. The molecule has 0 saturated heterocycles. The first-order valence-electron chi connectivity index (χ1n) is 8.25. The van der Waals surface area contributed by atoms with Gasteiger partial charge in [0.05, 0.1) is 32.6 Å². The molecule has 2 aromatic rings. The molecule has 1 aliphatic rings. The maximum atomic E-state index is 11.5. The lowest BCUT2D eigenvalue weighted by atomic mass is 9.99. The minimum atomic E-state index is -0.952. The molecule has 0 aliphatic carbocycles. The Bertz CT molecular complexity index is 1040. The summed E-state index contributed by atoms with van der Waals surface area (Å²) in [5.41, 5.74) is -3.31. The van der Waals surface area contributed by atoms with E-state index < -0.39 is 43.1 Å². The van der Waals surface area contributed by atoms with Crippen LogP contribution in [0.4, 0.5) is 28.4 Å². The topological polar surface area (TPSA) is 154 Å². The number of nitrogens with zero attached hydrogens (tertiary/aromatic N) is 5. The Morgan fingerprint density at radius 1 is 0.966 bits per heavy atom. The minimum Gasteiger partial charge on any atom is -0.438 e. The Kier molecular flexibility index (Phi) is 4.62. The van der Waals surface area contributed by atoms with E-state index in [1.54, 1.807) is 33.0 Å². The fourth-order valence-corrected chi connectivity index (χ4v) is 2.84. The first-order chi connectivity index (χ1) is 13.5. The average molecular weight is 401 g/mol. The quantitative estimate of drug-likeness (QED) is 0.554. The standard InChI is InChI=1S/C17H15N5O7/c1-17(2)16(29-14-7-5-4-6-11(14)19(17)3)18-15-12(21(25)26)8-10(20(23)24)9-13(15)22(27)28/h4-9H,1-3H3. The minimum absolute atomic E-state index is 0.0289. The van der Waals surface area contributed by atoms with Crippen LogP contribution in [-0.4, -0.2) is 33.3 Å². The molecular formula is C17H15N5O7. The predicted molar refractivity (Wildman–Crippen MR) is 103 cm³/mol. The van der Waals surface area contributed by atoms with E-state index in [0.29, 0.717) is 17.9 Å². The van der Waals surface area contributed by atoms with E-state index in [9.17, 15) is 30.3 Å². The highest BCUT2D eigenvalue weighted by molar-refractivity contribution is 5.98. The Morgan fingerprint density at radius 2 is 1.52 bits per heavy atom. The van der Waals surface area contributed by atoms with Crippen LogP contribution in [0.3, 0.4) is 0 Å². The van der Waals surface area contributed by atoms with Crippen molar-refractivity contribution >= 4 is 34.3 Å². The van der Waals surface area contributed by atoms with Crippen molar-refractivity contribution in [2.45, 2.75) is 19.4 Å². The van der Waals surface area contributed by atoms with Gasteiger partial charge in [0.25, 0.3) is 5.69 Å². The van der Waals surface area contributed by atoms with Gasteiger partial charge in [0.15, 0.2) is 5.75 Å². The normalized spacial score (nSPS) is 16.1. The third-order valence-corrected chi connectivity index (χ3v) is 4.67. The lowest BCUT2D eigenvalue weighted by Crippen LogP contribution is -2.53. The number of hydrogen-bond donors (Lipinski definition) is 0. The van der Waals surface area contributed by atoms with Crippen molar-refractivity contribution in [1.29, 1.82) is 0 Å². The maximum absolute atomic E-state index is 11.5. The van der Waals surface area contributed by atoms with Crippen LogP contribution < -0.4 is 9.64 Å². The maximum Gasteiger partial charge on any atom is 0.308 e. The fourth-order valence-electron chi connectivity index (χ4n) is 2.84. The first-order valence-corrected chi connectivity index (χ1v) is 8.25. The van der Waals surface area contributed by atoms with Crippen molar-refractivity contribution in [2.24, 2.45) is 4.99 Å². The van der Waals surface area contributed by atoms with Gasteiger partial charge in [0, 0.05) is 7.05 Å². The molecule has 2 aromatic carbocycles. The predicted octanol–water partition coefficient (Wildman–Crippen LogP) is 3.75. The number of fused-ring (bicyclic) bond motifs is 1. The van der Waals surface area contributed by atoms with Gasteiger partial charge in [-0.1, -0.05) is 12.1 Å². The van der Waals surface area contributed by atoms with Crippen molar-refractivity contribution in [1.82, 2.24) is 0 Å². The summed E-state index contributed by atoms with van der Waals surface area (Å²) in [5.74, 6) is 0.388.